The van der Waals surface area contributed by atoms with Crippen molar-refractivity contribution in [3.05, 3.63) is 30.1 Å². The van der Waals surface area contributed by atoms with Gasteiger partial charge in [0.15, 0.2) is 0 Å². The standard InChI is InChI=1S/C22H34FN3O5S/c23-17-4-7-19(8-5-17)32(29,30)24-12-10-18-6-9-20(21(16-27)31-18)25-22(28)11-15-26-13-2-1-3-14-26/h4-5,7-8,18,20-21,24,27H,1-3,6,9-16H2,(H,25,28)/t18-,20+,21+/m1/s1. The summed E-state index contributed by atoms with van der Waals surface area (Å²) in [6.07, 6.45) is 5.09. The average molecular weight is 472 g/mol. The van der Waals surface area contributed by atoms with Gasteiger partial charge in [-0.1, -0.05) is 6.42 Å². The van der Waals surface area contributed by atoms with Crippen LogP contribution in [-0.2, 0) is 19.6 Å². The molecule has 1 amide bonds. The Kier molecular flexibility index (Phi) is 9.42. The second kappa shape index (κ2) is 12.0. The van der Waals surface area contributed by atoms with E-state index in [-0.39, 0.29) is 36.1 Å². The molecule has 0 aromatic heterocycles. The van der Waals surface area contributed by atoms with Crippen molar-refractivity contribution in [2.24, 2.45) is 0 Å². The molecule has 0 unspecified atom stereocenters. The summed E-state index contributed by atoms with van der Waals surface area (Å²) in [5, 5.41) is 12.7. The van der Waals surface area contributed by atoms with Gasteiger partial charge in [0.05, 0.1) is 23.6 Å². The van der Waals surface area contributed by atoms with Gasteiger partial charge in [-0.3, -0.25) is 4.79 Å². The number of sulfonamides is 1. The lowest BCUT2D eigenvalue weighted by Crippen LogP contribution is -2.51. The maximum absolute atomic E-state index is 13.0. The van der Waals surface area contributed by atoms with Gasteiger partial charge in [0.1, 0.15) is 11.9 Å². The SMILES string of the molecule is O=C(CCN1CCCCC1)N[C@H]1CC[C@H](CCNS(=O)(=O)c2ccc(F)cc2)O[C@H]1CO. The first kappa shape index (κ1) is 25.0. The van der Waals surface area contributed by atoms with Crippen molar-refractivity contribution in [2.75, 3.05) is 32.8 Å². The molecule has 2 saturated heterocycles. The molecule has 2 aliphatic rings. The number of ether oxygens (including phenoxy) is 1. The molecule has 0 radical (unpaired) electrons. The maximum atomic E-state index is 13.0. The van der Waals surface area contributed by atoms with Crippen molar-refractivity contribution in [3.63, 3.8) is 0 Å². The molecule has 2 aliphatic heterocycles. The first-order valence-corrected chi connectivity index (χ1v) is 12.9. The smallest absolute Gasteiger partial charge is 0.240 e. The molecule has 0 saturated carbocycles. The van der Waals surface area contributed by atoms with Gasteiger partial charge in [-0.05, 0) is 69.5 Å². The fourth-order valence-electron chi connectivity index (χ4n) is 4.28. The summed E-state index contributed by atoms with van der Waals surface area (Å²) >= 11 is 0. The lowest BCUT2D eigenvalue weighted by Gasteiger charge is -2.36. The van der Waals surface area contributed by atoms with Crippen molar-refractivity contribution in [2.45, 2.75) is 68.1 Å². The number of nitrogens with zero attached hydrogens (tertiary/aromatic N) is 1. The number of carbonyl (C=O) groups excluding carboxylic acids is 1. The van der Waals surface area contributed by atoms with Crippen LogP contribution in [0.1, 0.15) is 44.9 Å². The molecule has 10 heteroatoms. The van der Waals surface area contributed by atoms with E-state index in [0.29, 0.717) is 25.7 Å². The number of hydrogen-bond acceptors (Lipinski definition) is 6. The first-order valence-electron chi connectivity index (χ1n) is 11.4. The van der Waals surface area contributed by atoms with E-state index in [9.17, 15) is 22.7 Å². The number of aliphatic hydroxyl groups excluding tert-OH is 1. The van der Waals surface area contributed by atoms with E-state index in [0.717, 1.165) is 31.8 Å². The van der Waals surface area contributed by atoms with Gasteiger partial charge in [-0.2, -0.15) is 0 Å². The minimum Gasteiger partial charge on any atom is -0.394 e. The van der Waals surface area contributed by atoms with E-state index in [2.05, 4.69) is 14.9 Å². The van der Waals surface area contributed by atoms with Crippen molar-refractivity contribution in [1.82, 2.24) is 14.9 Å². The monoisotopic (exact) mass is 471 g/mol. The molecule has 1 aromatic carbocycles. The largest absolute Gasteiger partial charge is 0.394 e. The fourth-order valence-corrected chi connectivity index (χ4v) is 5.33. The molecule has 3 atom stereocenters. The Bertz CT molecular complexity index is 830. The summed E-state index contributed by atoms with van der Waals surface area (Å²) < 4.78 is 46.0. The van der Waals surface area contributed by atoms with Crippen molar-refractivity contribution in [1.29, 1.82) is 0 Å². The summed E-state index contributed by atoms with van der Waals surface area (Å²) in [6, 6.07) is 4.39. The van der Waals surface area contributed by atoms with Gasteiger partial charge in [-0.25, -0.2) is 17.5 Å². The molecular weight excluding hydrogens is 437 g/mol. The number of aliphatic hydroxyl groups is 1. The number of hydrogen-bond donors (Lipinski definition) is 3. The van der Waals surface area contributed by atoms with Crippen LogP contribution < -0.4 is 10.0 Å². The number of nitrogens with one attached hydrogen (secondary N) is 2. The zero-order valence-electron chi connectivity index (χ0n) is 18.3. The summed E-state index contributed by atoms with van der Waals surface area (Å²) in [5.41, 5.74) is 0. The van der Waals surface area contributed by atoms with Gasteiger partial charge < -0.3 is 20.1 Å². The van der Waals surface area contributed by atoms with Crippen LogP contribution in [0.3, 0.4) is 0 Å². The molecule has 32 heavy (non-hydrogen) atoms. The van der Waals surface area contributed by atoms with E-state index in [4.69, 9.17) is 4.74 Å². The lowest BCUT2D eigenvalue weighted by molar-refractivity contribution is -0.128. The molecule has 2 heterocycles. The highest BCUT2D eigenvalue weighted by molar-refractivity contribution is 7.89. The molecule has 0 bridgehead atoms. The topological polar surface area (TPSA) is 108 Å². The Morgan fingerprint density at radius 3 is 2.56 bits per heavy atom. The van der Waals surface area contributed by atoms with Crippen molar-refractivity contribution >= 4 is 15.9 Å². The first-order chi connectivity index (χ1) is 15.4. The number of piperidine rings is 1. The molecule has 0 aliphatic carbocycles. The molecule has 0 spiro atoms. The highest BCUT2D eigenvalue weighted by Gasteiger charge is 2.32. The van der Waals surface area contributed by atoms with Gasteiger partial charge in [-0.15, -0.1) is 0 Å². The number of likely N-dealkylation sites (tertiary alicyclic amines) is 1. The second-order valence-electron chi connectivity index (χ2n) is 8.52. The Morgan fingerprint density at radius 2 is 1.88 bits per heavy atom. The Labute approximate surface area is 189 Å². The third kappa shape index (κ3) is 7.48. The molecule has 8 nitrogen and oxygen atoms in total. The molecule has 2 fully saturated rings. The number of carbonyl (C=O) groups is 1. The third-order valence-corrected chi connectivity index (χ3v) is 7.61. The average Bonchev–Trinajstić information content (AvgIpc) is 2.79. The van der Waals surface area contributed by atoms with Crippen LogP contribution in [0.5, 0.6) is 0 Å². The minimum atomic E-state index is -3.72. The predicted molar refractivity (Wildman–Crippen MR) is 118 cm³/mol. The summed E-state index contributed by atoms with van der Waals surface area (Å²) in [4.78, 5) is 14.7. The van der Waals surface area contributed by atoms with E-state index < -0.39 is 21.9 Å². The molecule has 180 valence electrons. The highest BCUT2D eigenvalue weighted by atomic mass is 32.2. The maximum Gasteiger partial charge on any atom is 0.240 e. The Hall–Kier alpha value is -1.59. The lowest BCUT2D eigenvalue weighted by atomic mass is 9.97. The van der Waals surface area contributed by atoms with E-state index in [1.165, 1.54) is 31.4 Å². The van der Waals surface area contributed by atoms with Crippen LogP contribution in [-0.4, -0.2) is 75.4 Å². The number of halogens is 1. The summed E-state index contributed by atoms with van der Waals surface area (Å²) in [5.74, 6) is -0.532. The van der Waals surface area contributed by atoms with Crippen molar-refractivity contribution < 1.29 is 27.4 Å². The summed E-state index contributed by atoms with van der Waals surface area (Å²) in [6.45, 7) is 2.79. The van der Waals surface area contributed by atoms with Crippen LogP contribution in [0.25, 0.3) is 0 Å². The normalized spacial score (nSPS) is 24.9. The van der Waals surface area contributed by atoms with Crippen LogP contribution in [0, 0.1) is 5.82 Å². The van der Waals surface area contributed by atoms with Crippen LogP contribution in [0.2, 0.25) is 0 Å². The fraction of sp³-hybridized carbons (Fsp3) is 0.682. The quantitative estimate of drug-likeness (QED) is 0.476. The van der Waals surface area contributed by atoms with Crippen LogP contribution in [0.4, 0.5) is 4.39 Å². The molecular formula is C22H34FN3O5S. The van der Waals surface area contributed by atoms with Gasteiger partial charge in [0, 0.05) is 19.5 Å². The van der Waals surface area contributed by atoms with Crippen LogP contribution in [0.15, 0.2) is 29.2 Å². The number of amides is 1. The van der Waals surface area contributed by atoms with Crippen LogP contribution >= 0.6 is 0 Å². The van der Waals surface area contributed by atoms with Gasteiger partial charge >= 0.3 is 0 Å². The third-order valence-electron chi connectivity index (χ3n) is 6.13. The number of rotatable bonds is 10. The zero-order chi connectivity index (χ0) is 23.0. The molecule has 3 N–H and O–H groups in total. The number of benzene rings is 1. The molecule has 3 rings (SSSR count). The summed E-state index contributed by atoms with van der Waals surface area (Å²) in [7, 11) is -3.72. The minimum absolute atomic E-state index is 0.00373. The second-order valence-corrected chi connectivity index (χ2v) is 10.3. The van der Waals surface area contributed by atoms with Gasteiger partial charge in [0.25, 0.3) is 0 Å². The van der Waals surface area contributed by atoms with E-state index in [1.54, 1.807) is 0 Å². The highest BCUT2D eigenvalue weighted by Crippen LogP contribution is 2.22. The molecule has 1 aromatic rings. The van der Waals surface area contributed by atoms with E-state index >= 15 is 0 Å². The van der Waals surface area contributed by atoms with Crippen molar-refractivity contribution in [3.8, 4) is 0 Å². The Balaban J connectivity index is 1.39. The van der Waals surface area contributed by atoms with Gasteiger partial charge in [0.2, 0.25) is 15.9 Å². The zero-order valence-corrected chi connectivity index (χ0v) is 19.2. The predicted octanol–water partition coefficient (Wildman–Crippen LogP) is 1.39. The Morgan fingerprint density at radius 1 is 1.16 bits per heavy atom. The van der Waals surface area contributed by atoms with E-state index in [1.807, 2.05) is 0 Å².